The monoisotopic (exact) mass is 1270 g/mol. The molecular weight excluding hydrogens is 1180 g/mol. The van der Waals surface area contributed by atoms with Gasteiger partial charge in [0.25, 0.3) is 0 Å². The topological polar surface area (TPSA) is 568 Å². The number of hydrogen-bond acceptors (Lipinski definition) is 20. The molecule has 0 unspecified atom stereocenters. The lowest BCUT2D eigenvalue weighted by atomic mass is 9.96. The van der Waals surface area contributed by atoms with Crippen molar-refractivity contribution >= 4 is 100 Å². The number of hydrogen-bond donors (Lipinski definition) is 17. The van der Waals surface area contributed by atoms with Crippen LogP contribution in [-0.2, 0) is 67.1 Å². The fourth-order valence-corrected chi connectivity index (χ4v) is 10.5. The van der Waals surface area contributed by atoms with Crippen LogP contribution in [-0.4, -0.2) is 254 Å². The molecule has 88 heavy (non-hydrogen) atoms. The van der Waals surface area contributed by atoms with Gasteiger partial charge in [0.15, 0.2) is 5.96 Å². The fraction of sp³-hybridized carbons (Fsp3) is 0.712. The number of carboxylic acid groups (broad SMARTS) is 1. The van der Waals surface area contributed by atoms with Gasteiger partial charge >= 0.3 is 5.97 Å². The number of carbonyl (C=O) groups is 14. The van der Waals surface area contributed by atoms with E-state index in [0.717, 1.165) is 11.8 Å². The van der Waals surface area contributed by atoms with Gasteiger partial charge in [-0.25, -0.2) is 0 Å². The number of primary amides is 2. The number of rotatable bonds is 36. The van der Waals surface area contributed by atoms with Crippen LogP contribution < -0.4 is 71.2 Å². The Hall–Kier alpha value is -7.96. The Labute approximate surface area is 511 Å². The zero-order valence-electron chi connectivity index (χ0n) is 49.7. The quantitative estimate of drug-likeness (QED) is 0.0157. The van der Waals surface area contributed by atoms with Crippen LogP contribution in [0.3, 0.4) is 0 Å². The predicted octanol–water partition coefficient (Wildman–Crippen LogP) is -9.15. The van der Waals surface area contributed by atoms with E-state index in [1.807, 2.05) is 5.32 Å². The maximum atomic E-state index is 14.8. The number of likely N-dealkylation sites (tertiary alicyclic amines) is 3. The number of amides is 13. The van der Waals surface area contributed by atoms with Gasteiger partial charge in [-0.05, 0) is 82.6 Å². The molecule has 3 aliphatic heterocycles. The third kappa shape index (κ3) is 22.3. The molecule has 0 aliphatic carbocycles. The van der Waals surface area contributed by atoms with Gasteiger partial charge in [0.2, 0.25) is 76.8 Å². The number of thioether (sulfide) groups is 1. The van der Waals surface area contributed by atoms with Crippen molar-refractivity contribution < 1.29 is 87.5 Å². The van der Waals surface area contributed by atoms with Crippen LogP contribution in [0.2, 0.25) is 0 Å². The molecule has 0 bridgehead atoms. The zero-order valence-corrected chi connectivity index (χ0v) is 50.6. The van der Waals surface area contributed by atoms with E-state index in [2.05, 4.69) is 42.2 Å². The highest BCUT2D eigenvalue weighted by molar-refractivity contribution is 7.98. The first-order valence-electron chi connectivity index (χ1n) is 28.8. The van der Waals surface area contributed by atoms with Crippen LogP contribution in [0.4, 0.5) is 0 Å². The van der Waals surface area contributed by atoms with Crippen molar-refractivity contribution in [2.75, 3.05) is 57.9 Å². The SMILES string of the molecule is CC[C@H](C)[C@H](NC(=O)[C@@H]1CCCN1C(=O)[C@H](CC(N)=O)NC(=O)[C@H](CC(N)=O)NC(=O)[C@H](CO)NC(=O)[C@@H](N)CCSC)C(=O)N[C@@H](CCCN=C(N)N)C(=O)N1CCC[C@H]1C(=O)N1CCC[C@H]1C(=O)N[C@H](C(=O)N[C@@H](CO)C(=O)NCC(=O)O)[C@@H](C)O. The third-order valence-electron chi connectivity index (χ3n) is 15.0. The molecule has 3 rings (SSSR count). The van der Waals surface area contributed by atoms with Gasteiger partial charge < -0.3 is 106 Å². The maximum Gasteiger partial charge on any atom is 0.322 e. The molecule has 13 atom stereocenters. The van der Waals surface area contributed by atoms with Crippen molar-refractivity contribution in [3.8, 4) is 0 Å². The summed E-state index contributed by atoms with van der Waals surface area (Å²) in [5, 5.41) is 57.8. The van der Waals surface area contributed by atoms with Crippen LogP contribution >= 0.6 is 11.8 Å². The second kappa shape index (κ2) is 36.4. The fourth-order valence-electron chi connectivity index (χ4n) is 10.1. The summed E-state index contributed by atoms with van der Waals surface area (Å²) in [6.07, 6.45) is 0.121. The van der Waals surface area contributed by atoms with Crippen LogP contribution in [0.15, 0.2) is 4.99 Å². The summed E-state index contributed by atoms with van der Waals surface area (Å²) >= 11 is 1.41. The molecule has 3 fully saturated rings. The minimum Gasteiger partial charge on any atom is -0.480 e. The van der Waals surface area contributed by atoms with Gasteiger partial charge in [0.05, 0.1) is 38.2 Å². The Balaban J connectivity index is 1.85. The van der Waals surface area contributed by atoms with Crippen molar-refractivity contribution in [1.29, 1.82) is 0 Å². The Morgan fingerprint density at radius 3 is 1.57 bits per heavy atom. The van der Waals surface area contributed by atoms with Crippen molar-refractivity contribution in [3.63, 3.8) is 0 Å². The summed E-state index contributed by atoms with van der Waals surface area (Å²) in [6.45, 7) is 1.73. The van der Waals surface area contributed by atoms with Crippen molar-refractivity contribution in [1.82, 2.24) is 57.2 Å². The third-order valence-corrected chi connectivity index (χ3v) is 15.6. The van der Waals surface area contributed by atoms with Crippen molar-refractivity contribution in [3.05, 3.63) is 0 Å². The van der Waals surface area contributed by atoms with Crippen molar-refractivity contribution in [2.45, 2.75) is 170 Å². The number of aliphatic hydroxyl groups excluding tert-OH is 3. The van der Waals surface area contributed by atoms with Crippen LogP contribution in [0, 0.1) is 5.92 Å². The highest BCUT2D eigenvalue weighted by Crippen LogP contribution is 2.27. The Morgan fingerprint density at radius 2 is 1.03 bits per heavy atom. The molecular formula is C52H87N17O18S. The van der Waals surface area contributed by atoms with E-state index in [4.69, 9.17) is 33.8 Å². The van der Waals surface area contributed by atoms with E-state index in [1.54, 1.807) is 20.1 Å². The van der Waals surface area contributed by atoms with Crippen molar-refractivity contribution in [2.24, 2.45) is 39.6 Å². The van der Waals surface area contributed by atoms with Gasteiger partial charge in [-0.1, -0.05) is 20.3 Å². The molecule has 0 aromatic rings. The van der Waals surface area contributed by atoms with E-state index < -0.39 is 194 Å². The Kier molecular flexibility index (Phi) is 30.7. The van der Waals surface area contributed by atoms with E-state index in [0.29, 0.717) is 18.6 Å². The van der Waals surface area contributed by atoms with Crippen LogP contribution in [0.5, 0.6) is 0 Å². The second-order valence-electron chi connectivity index (χ2n) is 21.6. The van der Waals surface area contributed by atoms with Crippen LogP contribution in [0.1, 0.15) is 97.8 Å². The van der Waals surface area contributed by atoms with Gasteiger partial charge in [0, 0.05) is 26.2 Å². The molecule has 22 N–H and O–H groups in total. The summed E-state index contributed by atoms with van der Waals surface area (Å²) in [7, 11) is 0. The Bertz CT molecular complexity index is 2560. The summed E-state index contributed by atoms with van der Waals surface area (Å²) in [5.41, 5.74) is 27.9. The average molecular weight is 1270 g/mol. The number of aliphatic hydroxyl groups is 3. The number of nitrogens with one attached hydrogen (secondary N) is 8. The summed E-state index contributed by atoms with van der Waals surface area (Å²) in [4.78, 5) is 195. The molecule has 0 radical (unpaired) electrons. The van der Waals surface area contributed by atoms with Gasteiger partial charge in [0.1, 0.15) is 67.0 Å². The molecule has 3 aliphatic rings. The molecule has 0 spiro atoms. The van der Waals surface area contributed by atoms with E-state index in [-0.39, 0.29) is 83.5 Å². The lowest BCUT2D eigenvalue weighted by Gasteiger charge is -2.34. The first-order valence-corrected chi connectivity index (χ1v) is 30.2. The minimum absolute atomic E-state index is 0.00575. The molecule has 35 nitrogen and oxygen atoms in total. The molecule has 13 amide bonds. The second-order valence-corrected chi connectivity index (χ2v) is 22.6. The molecule has 3 saturated heterocycles. The highest BCUT2D eigenvalue weighted by atomic mass is 32.2. The maximum absolute atomic E-state index is 14.8. The number of guanidine groups is 1. The van der Waals surface area contributed by atoms with E-state index in [9.17, 15) is 82.4 Å². The van der Waals surface area contributed by atoms with Gasteiger partial charge in [-0.3, -0.25) is 72.1 Å². The average Bonchev–Trinajstić information content (AvgIpc) is 3.83. The normalized spacial score (nSPS) is 19.7. The standard InChI is InChI=1S/C52H87N17O18S/c1-5-25(2)39(65-45(81)33-11-7-16-67(33)50(86)30(21-37(55)74)62-43(79)29(20-36(54)73)61-44(80)32(24-71)63-41(77)27(53)14-19-88-4)47(83)60-28(10-6-15-58-52(56)57)49(85)69-18-9-13-35(69)51(87)68-17-8-12-34(68)46(82)66-40(26(3)72)48(84)64-31(23-70)42(78)59-22-38(75)76/h25-35,39-40,70-72H,5-24,53H2,1-4H3,(H2,54,73)(H2,55,74)(H,59,78)(H,60,83)(H,61,80)(H,62,79)(H,63,77)(H,64,84)(H,65,81)(H,66,82)(H,75,76)(H4,56,57,58)/t25-,26+,27-,28-,29-,30-,31-,32-,33-,34-,35-,39-,40-/m0/s1. The minimum atomic E-state index is -1.83. The number of aliphatic imine (C=N–C) groups is 1. The number of nitrogens with two attached hydrogens (primary N) is 5. The van der Waals surface area contributed by atoms with Gasteiger partial charge in [-0.2, -0.15) is 11.8 Å². The van der Waals surface area contributed by atoms with Crippen LogP contribution in [0.25, 0.3) is 0 Å². The molecule has 3 heterocycles. The smallest absolute Gasteiger partial charge is 0.322 e. The number of carbonyl (C=O) groups excluding carboxylic acids is 13. The molecule has 0 aromatic carbocycles. The molecule has 0 aromatic heterocycles. The van der Waals surface area contributed by atoms with Gasteiger partial charge in [-0.15, -0.1) is 0 Å². The summed E-state index contributed by atoms with van der Waals surface area (Å²) in [5.74, 6) is -14.3. The largest absolute Gasteiger partial charge is 0.480 e. The molecule has 0 saturated carbocycles. The number of nitrogens with zero attached hydrogens (tertiary/aromatic N) is 4. The zero-order chi connectivity index (χ0) is 66.1. The summed E-state index contributed by atoms with van der Waals surface area (Å²) in [6, 6.07) is -16.2. The number of aliphatic carboxylic acids is 1. The summed E-state index contributed by atoms with van der Waals surface area (Å²) < 4.78 is 0. The lowest BCUT2D eigenvalue weighted by Crippen LogP contribution is -2.62. The first-order chi connectivity index (χ1) is 41.5. The molecule has 494 valence electrons. The lowest BCUT2D eigenvalue weighted by molar-refractivity contribution is -0.148. The predicted molar refractivity (Wildman–Crippen MR) is 312 cm³/mol. The molecule has 36 heteroatoms. The highest BCUT2D eigenvalue weighted by Gasteiger charge is 2.46. The van der Waals surface area contributed by atoms with E-state index >= 15 is 0 Å². The van der Waals surface area contributed by atoms with E-state index in [1.165, 1.54) is 21.6 Å². The first kappa shape index (κ1) is 74.3. The Morgan fingerprint density at radius 1 is 0.580 bits per heavy atom. The number of carboxylic acids is 1.